The molecule has 0 aliphatic carbocycles. The number of hydrogen-bond acceptors (Lipinski definition) is 3. The van der Waals surface area contributed by atoms with E-state index in [2.05, 4.69) is 16.5 Å². The van der Waals surface area contributed by atoms with Crippen LogP contribution in [-0.2, 0) is 11.3 Å². The summed E-state index contributed by atoms with van der Waals surface area (Å²) < 4.78 is 1.43. The Hall–Kier alpha value is -1.39. The zero-order valence-electron chi connectivity index (χ0n) is 6.48. The minimum atomic E-state index is -0.0103. The molecule has 0 saturated carbocycles. The predicted octanol–water partition coefficient (Wildman–Crippen LogP) is -0.834. The van der Waals surface area contributed by atoms with Gasteiger partial charge in [0.2, 0.25) is 5.91 Å². The largest absolute Gasteiger partial charge is 0.347 e. The van der Waals surface area contributed by atoms with Crippen LogP contribution in [0.15, 0.2) is 6.20 Å². The van der Waals surface area contributed by atoms with Crippen LogP contribution in [0, 0.1) is 6.20 Å². The summed E-state index contributed by atoms with van der Waals surface area (Å²) >= 11 is 0. The minimum Gasteiger partial charge on any atom is -0.347 e. The summed E-state index contributed by atoms with van der Waals surface area (Å²) in [6.45, 7) is 0.226. The summed E-state index contributed by atoms with van der Waals surface area (Å²) in [5.74, 6) is -0.0103. The number of nitrogens with zero attached hydrogens (tertiary/aromatic N) is 4. The van der Waals surface area contributed by atoms with Crippen molar-refractivity contribution >= 4 is 5.91 Å². The smallest absolute Gasteiger partial charge is 0.243 e. The van der Waals surface area contributed by atoms with E-state index in [-0.39, 0.29) is 12.5 Å². The molecule has 11 heavy (non-hydrogen) atoms. The van der Waals surface area contributed by atoms with E-state index < -0.39 is 0 Å². The van der Waals surface area contributed by atoms with E-state index in [1.165, 1.54) is 15.8 Å². The molecule has 1 rings (SSSR count). The van der Waals surface area contributed by atoms with E-state index in [9.17, 15) is 4.79 Å². The molecule has 0 N–H and O–H groups in total. The molecule has 5 heteroatoms. The zero-order chi connectivity index (χ0) is 8.27. The molecule has 1 aromatic rings. The predicted molar refractivity (Wildman–Crippen MR) is 37.6 cm³/mol. The summed E-state index contributed by atoms with van der Waals surface area (Å²) in [5, 5.41) is 7.05. The molecule has 0 unspecified atom stereocenters. The zero-order valence-corrected chi connectivity index (χ0v) is 6.48. The topological polar surface area (TPSA) is 51.0 Å². The monoisotopic (exact) mass is 153 g/mol. The lowest BCUT2D eigenvalue weighted by molar-refractivity contribution is -0.129. The van der Waals surface area contributed by atoms with E-state index >= 15 is 0 Å². The fraction of sp³-hybridized carbons (Fsp3) is 0.500. The Morgan fingerprint density at radius 1 is 1.73 bits per heavy atom. The van der Waals surface area contributed by atoms with Crippen molar-refractivity contribution in [2.75, 3.05) is 14.1 Å². The van der Waals surface area contributed by atoms with Gasteiger partial charge in [0.25, 0.3) is 0 Å². The van der Waals surface area contributed by atoms with Crippen molar-refractivity contribution in [3.63, 3.8) is 0 Å². The molecule has 0 saturated heterocycles. The van der Waals surface area contributed by atoms with E-state index in [4.69, 9.17) is 0 Å². The number of carbonyl (C=O) groups is 1. The molecule has 0 atom stereocenters. The second-order valence-corrected chi connectivity index (χ2v) is 2.33. The van der Waals surface area contributed by atoms with Crippen LogP contribution in [0.25, 0.3) is 0 Å². The van der Waals surface area contributed by atoms with Crippen molar-refractivity contribution in [3.05, 3.63) is 12.4 Å². The van der Waals surface area contributed by atoms with E-state index in [0.29, 0.717) is 0 Å². The van der Waals surface area contributed by atoms with Gasteiger partial charge >= 0.3 is 0 Å². The average Bonchev–Trinajstić information content (AvgIpc) is 2.39. The maximum Gasteiger partial charge on any atom is 0.243 e. The molecule has 0 aromatic carbocycles. The Morgan fingerprint density at radius 2 is 2.45 bits per heavy atom. The van der Waals surface area contributed by atoms with Gasteiger partial charge in [-0.1, -0.05) is 5.21 Å². The maximum atomic E-state index is 11.0. The second-order valence-electron chi connectivity index (χ2n) is 2.33. The van der Waals surface area contributed by atoms with Crippen LogP contribution >= 0.6 is 0 Å². The average molecular weight is 153 g/mol. The van der Waals surface area contributed by atoms with Crippen LogP contribution in [0.5, 0.6) is 0 Å². The first kappa shape index (κ1) is 7.71. The Kier molecular flexibility index (Phi) is 2.20. The van der Waals surface area contributed by atoms with Gasteiger partial charge in [-0.05, 0) is 0 Å². The fourth-order valence-electron chi connectivity index (χ4n) is 0.559. The minimum absolute atomic E-state index is 0.0103. The van der Waals surface area contributed by atoms with Crippen LogP contribution < -0.4 is 0 Å². The molecule has 59 valence electrons. The highest BCUT2D eigenvalue weighted by atomic mass is 16.2. The molecule has 5 nitrogen and oxygen atoms in total. The first-order chi connectivity index (χ1) is 5.20. The van der Waals surface area contributed by atoms with Gasteiger partial charge in [-0.2, -0.15) is 0 Å². The van der Waals surface area contributed by atoms with E-state index in [1.807, 2.05) is 0 Å². The van der Waals surface area contributed by atoms with Crippen LogP contribution in [0.2, 0.25) is 0 Å². The lowest BCUT2D eigenvalue weighted by Crippen LogP contribution is -2.26. The number of carbonyl (C=O) groups excluding carboxylic acids is 1. The number of aromatic nitrogens is 3. The summed E-state index contributed by atoms with van der Waals surface area (Å²) in [6.07, 6.45) is 4.03. The molecule has 1 aromatic heterocycles. The lowest BCUT2D eigenvalue weighted by Gasteiger charge is -2.08. The normalized spacial score (nSPS) is 9.64. The Balaban J connectivity index is 2.50. The first-order valence-corrected chi connectivity index (χ1v) is 3.16. The first-order valence-electron chi connectivity index (χ1n) is 3.16. The standard InChI is InChI=1S/C6H9N4O/c1-9(2)6(11)5-10-4-3-7-8-10/h4H,5H2,1-2H3. The number of amides is 1. The molecule has 0 spiro atoms. The van der Waals surface area contributed by atoms with Crippen LogP contribution in [0.4, 0.5) is 0 Å². The van der Waals surface area contributed by atoms with Gasteiger partial charge in [0.15, 0.2) is 0 Å². The van der Waals surface area contributed by atoms with E-state index in [1.54, 1.807) is 14.1 Å². The Morgan fingerprint density at radius 3 is 2.91 bits per heavy atom. The Labute approximate surface area is 64.6 Å². The summed E-state index contributed by atoms with van der Waals surface area (Å²) in [5.41, 5.74) is 0. The van der Waals surface area contributed by atoms with Gasteiger partial charge < -0.3 is 4.90 Å². The molecule has 1 heterocycles. The lowest BCUT2D eigenvalue weighted by atomic mass is 10.5. The fourth-order valence-corrected chi connectivity index (χ4v) is 0.559. The molecule has 1 radical (unpaired) electrons. The van der Waals surface area contributed by atoms with Crippen LogP contribution in [0.3, 0.4) is 0 Å². The van der Waals surface area contributed by atoms with Crippen molar-refractivity contribution in [1.29, 1.82) is 0 Å². The highest BCUT2D eigenvalue weighted by molar-refractivity contribution is 5.75. The molecule has 0 aliphatic heterocycles. The van der Waals surface area contributed by atoms with Gasteiger partial charge in [-0.15, -0.1) is 5.10 Å². The number of likely N-dealkylation sites (N-methyl/N-ethyl adjacent to an activating group) is 1. The molecule has 0 fully saturated rings. The van der Waals surface area contributed by atoms with E-state index in [0.717, 1.165) is 0 Å². The third-order valence-electron chi connectivity index (χ3n) is 1.22. The number of hydrogen-bond donors (Lipinski definition) is 0. The maximum absolute atomic E-state index is 11.0. The molecular formula is C6H9N4O. The molecule has 0 aliphatic rings. The number of rotatable bonds is 2. The van der Waals surface area contributed by atoms with Crippen LogP contribution in [0.1, 0.15) is 0 Å². The summed E-state index contributed by atoms with van der Waals surface area (Å²) in [4.78, 5) is 12.5. The van der Waals surface area contributed by atoms with Crippen molar-refractivity contribution in [2.45, 2.75) is 6.54 Å². The van der Waals surface area contributed by atoms with Crippen molar-refractivity contribution in [2.24, 2.45) is 0 Å². The quantitative estimate of drug-likeness (QED) is 0.557. The van der Waals surface area contributed by atoms with Gasteiger partial charge in [0, 0.05) is 14.1 Å². The highest BCUT2D eigenvalue weighted by Gasteiger charge is 2.04. The van der Waals surface area contributed by atoms with Gasteiger partial charge in [-0.3, -0.25) is 4.79 Å². The Bertz CT molecular complexity index is 229. The molecule has 1 amide bonds. The van der Waals surface area contributed by atoms with Crippen molar-refractivity contribution < 1.29 is 4.79 Å². The van der Waals surface area contributed by atoms with Gasteiger partial charge in [-0.25, -0.2) is 4.68 Å². The third kappa shape index (κ3) is 2.03. The van der Waals surface area contributed by atoms with Crippen LogP contribution in [-0.4, -0.2) is 39.9 Å². The third-order valence-corrected chi connectivity index (χ3v) is 1.22. The molecular weight excluding hydrogens is 144 g/mol. The van der Waals surface area contributed by atoms with Gasteiger partial charge in [0.05, 0.1) is 6.20 Å². The SMILES string of the molecule is CN(C)C(=O)Cn1c[c]nn1. The van der Waals surface area contributed by atoms with Crippen molar-refractivity contribution in [3.8, 4) is 0 Å². The summed E-state index contributed by atoms with van der Waals surface area (Å²) in [7, 11) is 3.39. The second kappa shape index (κ2) is 3.14. The highest BCUT2D eigenvalue weighted by Crippen LogP contribution is 1.84. The van der Waals surface area contributed by atoms with Crippen molar-refractivity contribution in [1.82, 2.24) is 19.9 Å². The molecule has 0 bridgehead atoms. The summed E-state index contributed by atoms with van der Waals surface area (Å²) in [6, 6.07) is 0. The van der Waals surface area contributed by atoms with Gasteiger partial charge in [0.1, 0.15) is 12.7 Å².